The predicted molar refractivity (Wildman–Crippen MR) is 119 cm³/mol. The van der Waals surface area contributed by atoms with E-state index >= 15 is 0 Å². The van der Waals surface area contributed by atoms with E-state index in [0.717, 1.165) is 5.56 Å². The SMILES string of the molecule is Cn1c(C(COCc2ccccc2)NC(=O)C(C)(C)NC(=O)OC(C)(C)C)n[nH]c1=S. The molecule has 0 fully saturated rings. The van der Waals surface area contributed by atoms with Crippen LogP contribution in [0.5, 0.6) is 0 Å². The Hall–Kier alpha value is -2.72. The summed E-state index contributed by atoms with van der Waals surface area (Å²) in [7, 11) is 1.75. The monoisotopic (exact) mass is 449 g/mol. The number of nitrogens with one attached hydrogen (secondary N) is 3. The van der Waals surface area contributed by atoms with Crippen molar-refractivity contribution in [3.8, 4) is 0 Å². The second-order valence-corrected chi connectivity index (χ2v) is 9.11. The maximum Gasteiger partial charge on any atom is 0.408 e. The molecule has 31 heavy (non-hydrogen) atoms. The number of carbonyl (C=O) groups excluding carboxylic acids is 2. The number of H-pyrrole nitrogens is 1. The van der Waals surface area contributed by atoms with Gasteiger partial charge in [-0.2, -0.15) is 5.10 Å². The molecule has 0 bridgehead atoms. The van der Waals surface area contributed by atoms with E-state index in [1.807, 2.05) is 30.3 Å². The average Bonchev–Trinajstić information content (AvgIpc) is 2.98. The quantitative estimate of drug-likeness (QED) is 0.534. The highest BCUT2D eigenvalue weighted by atomic mass is 32.1. The predicted octanol–water partition coefficient (Wildman–Crippen LogP) is 3.16. The van der Waals surface area contributed by atoms with E-state index in [0.29, 0.717) is 17.2 Å². The van der Waals surface area contributed by atoms with Gasteiger partial charge in [0, 0.05) is 7.05 Å². The van der Waals surface area contributed by atoms with Crippen LogP contribution in [-0.4, -0.2) is 44.5 Å². The number of ether oxygens (including phenoxy) is 2. The Morgan fingerprint density at radius 3 is 2.39 bits per heavy atom. The number of alkyl carbamates (subject to hydrolysis) is 1. The molecule has 170 valence electrons. The van der Waals surface area contributed by atoms with E-state index in [1.54, 1.807) is 46.2 Å². The number of amides is 2. The number of hydrogen-bond donors (Lipinski definition) is 3. The summed E-state index contributed by atoms with van der Waals surface area (Å²) in [6, 6.07) is 9.12. The Kier molecular flexibility index (Phi) is 7.96. The molecule has 2 rings (SSSR count). The number of aromatic nitrogens is 3. The second-order valence-electron chi connectivity index (χ2n) is 8.72. The van der Waals surface area contributed by atoms with E-state index in [1.165, 1.54) is 0 Å². The Morgan fingerprint density at radius 2 is 1.84 bits per heavy atom. The summed E-state index contributed by atoms with van der Waals surface area (Å²) in [6.07, 6.45) is -0.678. The maximum atomic E-state index is 13.0. The Bertz CT molecular complexity index is 947. The van der Waals surface area contributed by atoms with Crippen molar-refractivity contribution in [2.24, 2.45) is 7.05 Å². The third kappa shape index (κ3) is 7.48. The second kappa shape index (κ2) is 10.1. The summed E-state index contributed by atoms with van der Waals surface area (Å²) in [5.74, 6) is 0.0973. The van der Waals surface area contributed by atoms with Gasteiger partial charge in [-0.1, -0.05) is 30.3 Å². The Labute approximate surface area is 187 Å². The van der Waals surface area contributed by atoms with Gasteiger partial charge in [0.05, 0.1) is 13.2 Å². The van der Waals surface area contributed by atoms with E-state index in [4.69, 9.17) is 21.7 Å². The Balaban J connectivity index is 2.10. The van der Waals surface area contributed by atoms with Crippen LogP contribution in [0.1, 0.15) is 52.0 Å². The van der Waals surface area contributed by atoms with Crippen LogP contribution < -0.4 is 10.6 Å². The van der Waals surface area contributed by atoms with Crippen LogP contribution in [0.3, 0.4) is 0 Å². The molecule has 0 saturated heterocycles. The molecular weight excluding hydrogens is 418 g/mol. The molecule has 1 atom stereocenters. The zero-order chi connectivity index (χ0) is 23.2. The molecule has 1 aromatic heterocycles. The highest BCUT2D eigenvalue weighted by Crippen LogP contribution is 2.15. The molecule has 1 unspecified atom stereocenters. The first-order valence-electron chi connectivity index (χ1n) is 9.94. The maximum absolute atomic E-state index is 13.0. The van der Waals surface area contributed by atoms with E-state index < -0.39 is 29.2 Å². The molecule has 9 nitrogen and oxygen atoms in total. The normalized spacial score (nSPS) is 12.8. The van der Waals surface area contributed by atoms with Crippen molar-refractivity contribution in [2.45, 2.75) is 58.4 Å². The lowest BCUT2D eigenvalue weighted by Gasteiger charge is -2.29. The molecule has 2 amide bonds. The molecular formula is C21H31N5O4S. The Morgan fingerprint density at radius 1 is 1.19 bits per heavy atom. The van der Waals surface area contributed by atoms with Gasteiger partial charge in [0.25, 0.3) is 0 Å². The summed E-state index contributed by atoms with van der Waals surface area (Å²) in [4.78, 5) is 25.1. The van der Waals surface area contributed by atoms with Crippen LogP contribution in [0.25, 0.3) is 0 Å². The van der Waals surface area contributed by atoms with Gasteiger partial charge in [-0.3, -0.25) is 9.89 Å². The third-order valence-electron chi connectivity index (χ3n) is 4.31. The standard InChI is InChI=1S/C21H31N5O4S/c1-20(2,3)30-19(28)23-21(4,5)17(27)22-15(16-24-25-18(31)26(16)6)13-29-12-14-10-8-7-9-11-14/h7-11,15H,12-13H2,1-6H3,(H,22,27)(H,23,28)(H,25,31). The van der Waals surface area contributed by atoms with E-state index in [-0.39, 0.29) is 6.61 Å². The number of rotatable bonds is 8. The number of aromatic amines is 1. The van der Waals surface area contributed by atoms with Crippen LogP contribution in [0, 0.1) is 4.77 Å². The molecule has 0 saturated carbocycles. The van der Waals surface area contributed by atoms with Crippen LogP contribution in [0.15, 0.2) is 30.3 Å². The van der Waals surface area contributed by atoms with Crippen LogP contribution in [0.2, 0.25) is 0 Å². The number of benzene rings is 1. The summed E-state index contributed by atoms with van der Waals surface area (Å²) in [6.45, 7) is 8.99. The van der Waals surface area contributed by atoms with Crippen molar-refractivity contribution >= 4 is 24.2 Å². The van der Waals surface area contributed by atoms with Gasteiger partial charge in [-0.15, -0.1) is 0 Å². The third-order valence-corrected chi connectivity index (χ3v) is 4.67. The van der Waals surface area contributed by atoms with Gasteiger partial charge >= 0.3 is 6.09 Å². The van der Waals surface area contributed by atoms with Gasteiger partial charge in [-0.05, 0) is 52.4 Å². The minimum Gasteiger partial charge on any atom is -0.444 e. The molecule has 10 heteroatoms. The van der Waals surface area contributed by atoms with Crippen molar-refractivity contribution in [1.29, 1.82) is 0 Å². The van der Waals surface area contributed by atoms with E-state index in [9.17, 15) is 9.59 Å². The molecule has 0 radical (unpaired) electrons. The largest absolute Gasteiger partial charge is 0.444 e. The highest BCUT2D eigenvalue weighted by Gasteiger charge is 2.34. The lowest BCUT2D eigenvalue weighted by atomic mass is 10.0. The molecule has 0 aliphatic heterocycles. The molecule has 0 aliphatic carbocycles. The summed E-state index contributed by atoms with van der Waals surface area (Å²) >= 11 is 5.19. The number of hydrogen-bond acceptors (Lipinski definition) is 6. The summed E-state index contributed by atoms with van der Waals surface area (Å²) in [5, 5.41) is 12.4. The smallest absolute Gasteiger partial charge is 0.408 e. The van der Waals surface area contributed by atoms with Crippen molar-refractivity contribution in [3.63, 3.8) is 0 Å². The zero-order valence-corrected chi connectivity index (χ0v) is 19.6. The lowest BCUT2D eigenvalue weighted by Crippen LogP contribution is -2.56. The summed E-state index contributed by atoms with van der Waals surface area (Å²) in [5.41, 5.74) is -0.895. The zero-order valence-electron chi connectivity index (χ0n) is 18.8. The van der Waals surface area contributed by atoms with Gasteiger partial charge in [0.1, 0.15) is 17.2 Å². The minimum absolute atomic E-state index is 0.163. The van der Waals surface area contributed by atoms with Gasteiger partial charge < -0.3 is 24.7 Å². The van der Waals surface area contributed by atoms with Crippen LogP contribution in [-0.2, 0) is 27.9 Å². The number of nitrogens with zero attached hydrogens (tertiary/aromatic N) is 2. The van der Waals surface area contributed by atoms with Crippen molar-refractivity contribution < 1.29 is 19.1 Å². The van der Waals surface area contributed by atoms with Crippen molar-refractivity contribution in [2.75, 3.05) is 6.61 Å². The molecule has 0 aliphatic rings. The van der Waals surface area contributed by atoms with Gasteiger partial charge in [0.15, 0.2) is 10.6 Å². The fourth-order valence-corrected chi connectivity index (χ4v) is 2.81. The van der Waals surface area contributed by atoms with Crippen molar-refractivity contribution in [3.05, 3.63) is 46.5 Å². The van der Waals surface area contributed by atoms with Crippen LogP contribution in [0.4, 0.5) is 4.79 Å². The summed E-state index contributed by atoms with van der Waals surface area (Å²) < 4.78 is 13.2. The number of carbonyl (C=O) groups is 2. The van der Waals surface area contributed by atoms with E-state index in [2.05, 4.69) is 20.8 Å². The fourth-order valence-electron chi connectivity index (χ4n) is 2.67. The minimum atomic E-state index is -1.23. The molecule has 0 spiro atoms. The fraction of sp³-hybridized carbons (Fsp3) is 0.524. The first kappa shape index (κ1) is 24.5. The van der Waals surface area contributed by atoms with Crippen molar-refractivity contribution in [1.82, 2.24) is 25.4 Å². The lowest BCUT2D eigenvalue weighted by molar-refractivity contribution is -0.127. The van der Waals surface area contributed by atoms with Gasteiger partial charge in [-0.25, -0.2) is 4.79 Å². The molecule has 2 aromatic rings. The first-order chi connectivity index (χ1) is 14.4. The highest BCUT2D eigenvalue weighted by molar-refractivity contribution is 7.71. The van der Waals surface area contributed by atoms with Crippen LogP contribution >= 0.6 is 12.2 Å². The molecule has 1 aromatic carbocycles. The average molecular weight is 450 g/mol. The van der Waals surface area contributed by atoms with Gasteiger partial charge in [0.2, 0.25) is 5.91 Å². The molecule has 3 N–H and O–H groups in total. The molecule has 1 heterocycles. The first-order valence-corrected chi connectivity index (χ1v) is 10.3. The topological polar surface area (TPSA) is 110 Å².